The lowest BCUT2D eigenvalue weighted by atomic mass is 10.0. The smallest absolute Gasteiger partial charge is 0.237 e. The lowest BCUT2D eigenvalue weighted by molar-refractivity contribution is -0.123. The molecule has 1 aliphatic heterocycles. The lowest BCUT2D eigenvalue weighted by Gasteiger charge is -2.26. The molecule has 1 saturated heterocycles. The first-order valence-corrected chi connectivity index (χ1v) is 5.04. The molecule has 0 aromatic heterocycles. The second kappa shape index (κ2) is 4.09. The molecule has 1 fully saturated rings. The molecule has 1 atom stereocenters. The molecule has 0 aromatic rings. The van der Waals surface area contributed by atoms with E-state index in [2.05, 4.69) is 31.4 Å². The van der Waals surface area contributed by atoms with Gasteiger partial charge in [0.15, 0.2) is 0 Å². The van der Waals surface area contributed by atoms with Crippen molar-refractivity contribution < 1.29 is 4.79 Å². The van der Waals surface area contributed by atoms with Gasteiger partial charge in [0.25, 0.3) is 0 Å². The fourth-order valence-corrected chi connectivity index (χ4v) is 1.60. The minimum Gasteiger partial charge on any atom is -0.355 e. The average Bonchev–Trinajstić information content (AvgIpc) is 2.14. The van der Waals surface area contributed by atoms with Crippen molar-refractivity contribution in [3.8, 4) is 0 Å². The Labute approximate surface area is 80.3 Å². The van der Waals surface area contributed by atoms with E-state index in [4.69, 9.17) is 0 Å². The number of nitrogens with one attached hydrogen (secondary N) is 2. The largest absolute Gasteiger partial charge is 0.355 e. The molecule has 1 amide bonds. The second-order valence-electron chi connectivity index (χ2n) is 4.73. The molecule has 0 spiro atoms. The van der Waals surface area contributed by atoms with Gasteiger partial charge < -0.3 is 10.6 Å². The van der Waals surface area contributed by atoms with Gasteiger partial charge in [0.2, 0.25) is 5.91 Å². The molecule has 2 N–H and O–H groups in total. The minimum atomic E-state index is 0.00231. The number of hydrogen-bond donors (Lipinski definition) is 2. The summed E-state index contributed by atoms with van der Waals surface area (Å²) in [5.41, 5.74) is 0.0202. The quantitative estimate of drug-likeness (QED) is 0.639. The average molecular weight is 184 g/mol. The highest BCUT2D eigenvalue weighted by molar-refractivity contribution is 5.81. The van der Waals surface area contributed by atoms with Crippen LogP contribution in [0.2, 0.25) is 0 Å². The molecule has 1 aliphatic rings. The van der Waals surface area contributed by atoms with E-state index in [0.717, 1.165) is 25.8 Å². The molecule has 0 radical (unpaired) electrons. The Morgan fingerprint density at radius 1 is 1.38 bits per heavy atom. The summed E-state index contributed by atoms with van der Waals surface area (Å²) in [5, 5.41) is 6.25. The van der Waals surface area contributed by atoms with Gasteiger partial charge >= 0.3 is 0 Å². The molecule has 0 saturated carbocycles. The van der Waals surface area contributed by atoms with Crippen LogP contribution in [-0.2, 0) is 4.79 Å². The van der Waals surface area contributed by atoms with Crippen molar-refractivity contribution in [2.45, 2.75) is 51.6 Å². The summed E-state index contributed by atoms with van der Waals surface area (Å²) in [4.78, 5) is 11.5. The maximum atomic E-state index is 11.5. The van der Waals surface area contributed by atoms with Crippen molar-refractivity contribution in [1.82, 2.24) is 10.6 Å². The van der Waals surface area contributed by atoms with Gasteiger partial charge in [0, 0.05) is 12.1 Å². The molecule has 1 heterocycles. The van der Waals surface area contributed by atoms with Gasteiger partial charge in [-0.2, -0.15) is 0 Å². The minimum absolute atomic E-state index is 0.00231. The number of rotatable bonds is 1. The van der Waals surface area contributed by atoms with E-state index in [9.17, 15) is 4.79 Å². The van der Waals surface area contributed by atoms with Gasteiger partial charge in [-0.3, -0.25) is 4.79 Å². The van der Waals surface area contributed by atoms with Gasteiger partial charge in [0.05, 0.1) is 6.04 Å². The first kappa shape index (κ1) is 10.5. The van der Waals surface area contributed by atoms with E-state index >= 15 is 0 Å². The third-order valence-electron chi connectivity index (χ3n) is 2.14. The first-order chi connectivity index (χ1) is 5.99. The SMILES string of the molecule is CC(C)(C)NC1CCCCNC1=O. The highest BCUT2D eigenvalue weighted by Crippen LogP contribution is 2.09. The Bertz CT molecular complexity index is 184. The second-order valence-corrected chi connectivity index (χ2v) is 4.73. The topological polar surface area (TPSA) is 41.1 Å². The molecule has 3 nitrogen and oxygen atoms in total. The molecular formula is C10H20N2O. The van der Waals surface area contributed by atoms with E-state index in [-0.39, 0.29) is 17.5 Å². The predicted molar refractivity (Wildman–Crippen MR) is 53.5 cm³/mol. The lowest BCUT2D eigenvalue weighted by Crippen LogP contribution is -2.50. The molecular weight excluding hydrogens is 164 g/mol. The van der Waals surface area contributed by atoms with Crippen LogP contribution in [-0.4, -0.2) is 24.0 Å². The van der Waals surface area contributed by atoms with Crippen LogP contribution in [0.3, 0.4) is 0 Å². The summed E-state index contributed by atoms with van der Waals surface area (Å²) in [5.74, 6) is 0.160. The normalized spacial score (nSPS) is 25.2. The molecule has 76 valence electrons. The summed E-state index contributed by atoms with van der Waals surface area (Å²) in [6, 6.07) is 0.00231. The van der Waals surface area contributed by atoms with Crippen molar-refractivity contribution in [3.05, 3.63) is 0 Å². The zero-order valence-electron chi connectivity index (χ0n) is 8.81. The number of carbonyl (C=O) groups excluding carboxylic acids is 1. The fraction of sp³-hybridized carbons (Fsp3) is 0.900. The number of hydrogen-bond acceptors (Lipinski definition) is 2. The Morgan fingerprint density at radius 2 is 2.08 bits per heavy atom. The van der Waals surface area contributed by atoms with Crippen molar-refractivity contribution in [2.24, 2.45) is 0 Å². The van der Waals surface area contributed by atoms with E-state index < -0.39 is 0 Å². The zero-order valence-corrected chi connectivity index (χ0v) is 8.81. The predicted octanol–water partition coefficient (Wildman–Crippen LogP) is 1.04. The van der Waals surface area contributed by atoms with Crippen LogP contribution in [0.5, 0.6) is 0 Å². The fourth-order valence-electron chi connectivity index (χ4n) is 1.60. The van der Waals surface area contributed by atoms with Crippen LogP contribution < -0.4 is 10.6 Å². The van der Waals surface area contributed by atoms with Crippen LogP contribution in [0.1, 0.15) is 40.0 Å². The van der Waals surface area contributed by atoms with Crippen LogP contribution in [0.25, 0.3) is 0 Å². The summed E-state index contributed by atoms with van der Waals surface area (Å²) in [7, 11) is 0. The van der Waals surface area contributed by atoms with E-state index in [1.807, 2.05) is 0 Å². The van der Waals surface area contributed by atoms with E-state index in [1.165, 1.54) is 0 Å². The van der Waals surface area contributed by atoms with Crippen molar-refractivity contribution in [3.63, 3.8) is 0 Å². The molecule has 0 aromatic carbocycles. The highest BCUT2D eigenvalue weighted by atomic mass is 16.2. The van der Waals surface area contributed by atoms with Crippen LogP contribution in [0.4, 0.5) is 0 Å². The molecule has 0 aliphatic carbocycles. The highest BCUT2D eigenvalue weighted by Gasteiger charge is 2.24. The number of amides is 1. The van der Waals surface area contributed by atoms with Crippen molar-refractivity contribution >= 4 is 5.91 Å². The standard InChI is InChI=1S/C10H20N2O/c1-10(2,3)12-8-6-4-5-7-11-9(8)13/h8,12H,4-7H2,1-3H3,(H,11,13). The van der Waals surface area contributed by atoms with Gasteiger partial charge in [-0.25, -0.2) is 0 Å². The Kier molecular flexibility index (Phi) is 3.31. The number of carbonyl (C=O) groups is 1. The van der Waals surface area contributed by atoms with E-state index in [0.29, 0.717) is 0 Å². The van der Waals surface area contributed by atoms with Gasteiger partial charge in [-0.1, -0.05) is 0 Å². The molecule has 1 rings (SSSR count). The summed E-state index contributed by atoms with van der Waals surface area (Å²) >= 11 is 0. The first-order valence-electron chi connectivity index (χ1n) is 5.04. The maximum absolute atomic E-state index is 11.5. The maximum Gasteiger partial charge on any atom is 0.237 e. The van der Waals surface area contributed by atoms with Gasteiger partial charge in [0.1, 0.15) is 0 Å². The molecule has 1 unspecified atom stereocenters. The summed E-state index contributed by atoms with van der Waals surface area (Å²) < 4.78 is 0. The monoisotopic (exact) mass is 184 g/mol. The third kappa shape index (κ3) is 3.77. The van der Waals surface area contributed by atoms with Crippen molar-refractivity contribution in [1.29, 1.82) is 0 Å². The van der Waals surface area contributed by atoms with Gasteiger partial charge in [-0.15, -0.1) is 0 Å². The van der Waals surface area contributed by atoms with E-state index in [1.54, 1.807) is 0 Å². The van der Waals surface area contributed by atoms with Crippen LogP contribution in [0.15, 0.2) is 0 Å². The zero-order chi connectivity index (χ0) is 9.90. The van der Waals surface area contributed by atoms with Crippen molar-refractivity contribution in [2.75, 3.05) is 6.54 Å². The Hall–Kier alpha value is -0.570. The van der Waals surface area contributed by atoms with Gasteiger partial charge in [-0.05, 0) is 40.0 Å². The van der Waals surface area contributed by atoms with Crippen LogP contribution >= 0.6 is 0 Å². The molecule has 13 heavy (non-hydrogen) atoms. The van der Waals surface area contributed by atoms with Crippen LogP contribution in [0, 0.1) is 0 Å². The third-order valence-corrected chi connectivity index (χ3v) is 2.14. The molecule has 3 heteroatoms. The summed E-state index contributed by atoms with van der Waals surface area (Å²) in [6.45, 7) is 7.10. The molecule has 0 bridgehead atoms. The Balaban J connectivity index is 2.50. The summed E-state index contributed by atoms with van der Waals surface area (Å²) in [6.07, 6.45) is 3.20. The Morgan fingerprint density at radius 3 is 2.69 bits per heavy atom.